The van der Waals surface area contributed by atoms with Gasteiger partial charge in [-0.15, -0.1) is 21.5 Å². The van der Waals surface area contributed by atoms with E-state index in [2.05, 4.69) is 125 Å². The lowest BCUT2D eigenvalue weighted by Gasteiger charge is -2.35. The highest BCUT2D eigenvalue weighted by Crippen LogP contribution is 2.39. The molecule has 0 bridgehead atoms. The monoisotopic (exact) mass is 1900 g/mol. The van der Waals surface area contributed by atoms with Gasteiger partial charge < -0.3 is 23.8 Å². The van der Waals surface area contributed by atoms with E-state index in [1.165, 1.54) is 70.1 Å². The Morgan fingerprint density at radius 3 is 1.53 bits per heavy atom. The van der Waals surface area contributed by atoms with E-state index in [4.69, 9.17) is 30.5 Å². The zero-order valence-corrected chi connectivity index (χ0v) is 77.7. The second kappa shape index (κ2) is 39.8. The number of allylic oxidation sites excluding steroid dienone is 2. The van der Waals surface area contributed by atoms with Crippen molar-refractivity contribution in [1.82, 2.24) is 88.3 Å². The molecule has 0 radical (unpaired) electrons. The Kier molecular flexibility index (Phi) is 27.1. The predicted octanol–water partition coefficient (Wildman–Crippen LogP) is 19.3. The molecule has 680 valence electrons. The predicted molar refractivity (Wildman–Crippen MR) is 513 cm³/mol. The molecule has 33 heteroatoms. The molecule has 3 aliphatic heterocycles. The van der Waals surface area contributed by atoms with Gasteiger partial charge >= 0.3 is 0 Å². The first-order valence-electron chi connectivity index (χ1n) is 43.6. The number of nitrogens with one attached hydrogen (secondary N) is 3. The summed E-state index contributed by atoms with van der Waals surface area (Å²) < 4.78 is 57.0. The molecule has 1 saturated carbocycles. The first-order valence-corrected chi connectivity index (χ1v) is 45.7. The number of rotatable bonds is 20. The number of alkyl halides is 2. The maximum absolute atomic E-state index is 13.3. The third-order valence-electron chi connectivity index (χ3n) is 23.4. The van der Waals surface area contributed by atoms with Crippen LogP contribution in [0, 0.1) is 40.0 Å². The van der Waals surface area contributed by atoms with E-state index in [9.17, 15) is 32.8 Å². The second-order valence-electron chi connectivity index (χ2n) is 33.8. The Balaban J connectivity index is 0.000000117. The van der Waals surface area contributed by atoms with Crippen molar-refractivity contribution in [2.24, 2.45) is 5.41 Å². The maximum atomic E-state index is 13.3. The molecule has 1 fully saturated rings. The molecule has 17 aromatic rings. The summed E-state index contributed by atoms with van der Waals surface area (Å²) in [7, 11) is 0. The van der Waals surface area contributed by atoms with E-state index in [0.717, 1.165) is 129 Å². The van der Waals surface area contributed by atoms with E-state index in [-0.39, 0.29) is 70.3 Å². The summed E-state index contributed by atoms with van der Waals surface area (Å²) in [5, 5.41) is 19.2. The van der Waals surface area contributed by atoms with Gasteiger partial charge in [0.2, 0.25) is 0 Å². The smallest absolute Gasteiger partial charge is 0.293 e. The largest absolute Gasteiger partial charge is 0.487 e. The Labute approximate surface area is 785 Å². The molecule has 0 amide bonds. The summed E-state index contributed by atoms with van der Waals surface area (Å²) in [5.41, 5.74) is 15.5. The number of fused-ring (bicyclic) bond motifs is 6. The van der Waals surface area contributed by atoms with Gasteiger partial charge in [-0.25, -0.2) is 33.7 Å². The van der Waals surface area contributed by atoms with Crippen molar-refractivity contribution in [3.8, 4) is 74.2 Å². The molecule has 4 aliphatic rings. The Morgan fingerprint density at radius 1 is 0.522 bits per heavy atom. The highest BCUT2D eigenvalue weighted by atomic mass is 79.9. The van der Waals surface area contributed by atoms with Crippen LogP contribution >= 0.6 is 38.9 Å². The van der Waals surface area contributed by atoms with Crippen molar-refractivity contribution in [1.29, 1.82) is 0 Å². The molecule has 1 atom stereocenters. The third kappa shape index (κ3) is 21.0. The average molecular weight is 1900 g/mol. The SMILES string of the molecule is CC(F)(F)c1cc(OCc2cc(=O)n3[nH]c(-c4ccccc4)nc3n2)cs1.CC1(C)CCCC(OCC2=CC(=O)n3nc(-c4ccccc4)nc3C2)C1.Cc1cccc(OCc2nc3nc(-c4ccccc4)[nH]n3c(=O)c2Br)c1C.Cc1cccc(OCc2nc3nc(-c4ccccc4)[nH]n3c(=O)c2Cl)c1C.Cc1cccc2c1CCN2CC1=CC(=O)n2nc(-c3ccccc3)nc2C1. The van der Waals surface area contributed by atoms with Gasteiger partial charge in [0.1, 0.15) is 69.6 Å². The molecular weight excluding hydrogens is 1810 g/mol. The lowest BCUT2D eigenvalue weighted by atomic mass is 9.76. The fourth-order valence-corrected chi connectivity index (χ4v) is 17.4. The van der Waals surface area contributed by atoms with Gasteiger partial charge in [0, 0.05) is 96.0 Å². The fourth-order valence-electron chi connectivity index (χ4n) is 16.0. The Bertz CT molecular complexity index is 7260. The lowest BCUT2D eigenvalue weighted by molar-refractivity contribution is 0.00398. The van der Waals surface area contributed by atoms with Crippen LogP contribution in [-0.4, -0.2) is 126 Å². The molecule has 21 rings (SSSR count). The second-order valence-corrected chi connectivity index (χ2v) is 35.9. The third-order valence-corrected chi connectivity index (χ3v) is 25.7. The van der Waals surface area contributed by atoms with Crippen LogP contribution in [0.3, 0.4) is 0 Å². The number of hydrogen-bond donors (Lipinski definition) is 3. The summed E-state index contributed by atoms with van der Waals surface area (Å²) in [6, 6.07) is 68.7. The van der Waals surface area contributed by atoms with Crippen LogP contribution in [0.1, 0.15) is 123 Å². The number of thiophene rings is 1. The standard InChI is InChI=1S/C22H20N4O.C21H25N3O2.C20H17BrN4O2.C20H17ClN4O2.C18H14F2N4O2S/c1-15-6-5-9-19-18(15)10-11-25(19)14-16-12-20-23-22(17-7-3-2-4-8-17)24-26(20)21(27)13-16;1-21(2)10-6-9-17(13-21)26-14-15-11-18-22-20(16-7-4-3-5-8-16)23-24(18)19(25)12-15;2*1-12-7-6-10-16(13(12)2)27-11-15-17(21)19(26)25-20(22-15)23-18(24-25)14-8-4-3-5-9-14;1-18(19,20)14-8-13(10-27-14)26-9-12-7-15(25)24-17(21-12)22-16(23-24)11-5-3-2-4-6-11/h2-9,13H,10-12,14H2,1H3;3-5,7-8,12,17H,6,9-11,13-14H2,1-2H3;2*3-10H,11H2,1-2H3,(H,22,23,24);2-8,10H,9H2,1H3,(H,21,22,23). The van der Waals surface area contributed by atoms with Crippen molar-refractivity contribution in [3.05, 3.63) is 355 Å². The zero-order chi connectivity index (χ0) is 93.5. The van der Waals surface area contributed by atoms with Gasteiger partial charge in [-0.1, -0.05) is 220 Å². The van der Waals surface area contributed by atoms with Crippen molar-refractivity contribution < 1.29 is 37.3 Å². The molecule has 3 N–H and O–H groups in total. The number of aromatic nitrogens is 18. The summed E-state index contributed by atoms with van der Waals surface area (Å²) >= 11 is 10.5. The highest BCUT2D eigenvalue weighted by Gasteiger charge is 2.32. The summed E-state index contributed by atoms with van der Waals surface area (Å²) in [5.74, 6) is 3.71. The number of anilines is 1. The van der Waals surface area contributed by atoms with E-state index in [1.54, 1.807) is 12.2 Å². The minimum absolute atomic E-state index is 0.0149. The van der Waals surface area contributed by atoms with Gasteiger partial charge in [0.15, 0.2) is 29.1 Å². The molecule has 0 saturated heterocycles. The van der Waals surface area contributed by atoms with Gasteiger partial charge in [0.25, 0.3) is 51.7 Å². The Hall–Kier alpha value is -14.6. The molecule has 12 heterocycles. The van der Waals surface area contributed by atoms with Crippen LogP contribution in [0.15, 0.2) is 266 Å². The normalized spacial score (nSPS) is 14.2. The number of ether oxygens (including phenoxy) is 4. The van der Waals surface area contributed by atoms with Crippen molar-refractivity contribution in [2.75, 3.05) is 24.6 Å². The van der Waals surface area contributed by atoms with Gasteiger partial charge in [-0.3, -0.25) is 39.3 Å². The first kappa shape index (κ1) is 91.3. The number of halogens is 4. The molecular formula is C101H93BrClF2N19O9S. The number of aromatic amines is 3. The summed E-state index contributed by atoms with van der Waals surface area (Å²) in [6.45, 7) is 18.1. The number of carbonyl (C=O) groups excluding carboxylic acids is 2. The van der Waals surface area contributed by atoms with Crippen molar-refractivity contribution in [3.63, 3.8) is 0 Å². The van der Waals surface area contributed by atoms with Gasteiger partial charge in [-0.2, -0.15) is 37.9 Å². The fraction of sp³-hybridized carbons (Fsp3) is 0.238. The summed E-state index contributed by atoms with van der Waals surface area (Å²) in [4.78, 5) is 100. The van der Waals surface area contributed by atoms with Crippen LogP contribution in [-0.2, 0) is 49.7 Å². The first-order chi connectivity index (χ1) is 64.7. The molecule has 1 aliphatic carbocycles. The topological polar surface area (TPSA) is 325 Å². The van der Waals surface area contributed by atoms with Crippen LogP contribution in [0.4, 0.5) is 14.5 Å². The van der Waals surface area contributed by atoms with Gasteiger partial charge in [0.05, 0.1) is 23.3 Å². The van der Waals surface area contributed by atoms with Crippen LogP contribution < -0.4 is 35.8 Å². The van der Waals surface area contributed by atoms with Gasteiger partial charge in [-0.05, 0) is 144 Å². The number of H-pyrrole nitrogens is 3. The number of aryl methyl sites for hydroxylation is 3. The lowest BCUT2D eigenvalue weighted by Crippen LogP contribution is -2.29. The van der Waals surface area contributed by atoms with E-state index >= 15 is 0 Å². The average Bonchev–Trinajstić information content (AvgIpc) is 1.65. The molecule has 134 heavy (non-hydrogen) atoms. The molecule has 1 unspecified atom stereocenters. The zero-order valence-electron chi connectivity index (χ0n) is 74.5. The minimum atomic E-state index is -2.91. The van der Waals surface area contributed by atoms with E-state index in [1.807, 2.05) is 216 Å². The quantitative estimate of drug-likeness (QED) is 0.0638. The summed E-state index contributed by atoms with van der Waals surface area (Å²) in [6.07, 6.45) is 10.7. The molecule has 0 spiro atoms. The molecule has 9 aromatic heterocycles. The molecule has 28 nitrogen and oxygen atoms in total. The van der Waals surface area contributed by atoms with Crippen molar-refractivity contribution >= 4 is 73.7 Å². The number of benzene rings is 8. The van der Waals surface area contributed by atoms with E-state index < -0.39 is 11.5 Å². The number of carbonyl (C=O) groups is 2. The Morgan fingerprint density at radius 2 is 1.00 bits per heavy atom. The van der Waals surface area contributed by atoms with Crippen LogP contribution in [0.25, 0.3) is 74.3 Å². The number of nitrogens with zero attached hydrogens (tertiary/aromatic N) is 16. The molecule has 8 aromatic carbocycles. The van der Waals surface area contributed by atoms with E-state index in [0.29, 0.717) is 92.9 Å². The van der Waals surface area contributed by atoms with Crippen molar-refractivity contribution in [2.45, 2.75) is 132 Å². The van der Waals surface area contributed by atoms with Crippen LogP contribution in [0.2, 0.25) is 5.02 Å². The minimum Gasteiger partial charge on any atom is -0.487 e. The maximum Gasteiger partial charge on any atom is 0.293 e. The number of hydrogen-bond acceptors (Lipinski definition) is 21. The highest BCUT2D eigenvalue weighted by molar-refractivity contribution is 9.10. The van der Waals surface area contributed by atoms with Crippen LogP contribution in [0.5, 0.6) is 17.2 Å².